The maximum atomic E-state index is 14.5. The van der Waals surface area contributed by atoms with E-state index in [0.29, 0.717) is 16.6 Å². The predicted octanol–water partition coefficient (Wildman–Crippen LogP) is 7.36. The van der Waals surface area contributed by atoms with Crippen molar-refractivity contribution in [3.05, 3.63) is 129 Å². The molecule has 4 rings (SSSR count). The number of benzene rings is 4. The molecular weight excluding hydrogens is 697 g/mol. The quantitative estimate of drug-likeness (QED) is 0.156. The van der Waals surface area contributed by atoms with Crippen LogP contribution in [0.15, 0.2) is 112 Å². The molecule has 0 aromatic heterocycles. The molecule has 0 unspecified atom stereocenters. The molecule has 0 saturated heterocycles. The highest BCUT2D eigenvalue weighted by Crippen LogP contribution is 2.28. The number of rotatable bonds is 13. The first-order chi connectivity index (χ1) is 21.4. The second kappa shape index (κ2) is 15.8. The third-order valence-electron chi connectivity index (χ3n) is 7.00. The summed E-state index contributed by atoms with van der Waals surface area (Å²) >= 11 is 15.8. The zero-order chi connectivity index (χ0) is 32.6. The number of sulfonamides is 1. The highest BCUT2D eigenvalue weighted by Gasteiger charge is 2.34. The van der Waals surface area contributed by atoms with Crippen LogP contribution in [-0.2, 0) is 32.6 Å². The van der Waals surface area contributed by atoms with Gasteiger partial charge in [0.05, 0.1) is 10.6 Å². The van der Waals surface area contributed by atoms with Crippen molar-refractivity contribution in [2.75, 3.05) is 17.4 Å². The Balaban J connectivity index is 1.79. The molecule has 0 heterocycles. The highest BCUT2D eigenvalue weighted by atomic mass is 79.9. The van der Waals surface area contributed by atoms with Crippen LogP contribution in [0, 0.1) is 5.92 Å². The van der Waals surface area contributed by atoms with Crippen molar-refractivity contribution in [3.63, 3.8) is 0 Å². The third kappa shape index (κ3) is 9.56. The minimum atomic E-state index is -4.26. The van der Waals surface area contributed by atoms with Gasteiger partial charge < -0.3 is 10.2 Å². The fraction of sp³-hybridized carbons (Fsp3) is 0.235. The molecule has 236 valence electrons. The molecule has 11 heteroatoms. The molecule has 4 aromatic carbocycles. The second-order valence-electron chi connectivity index (χ2n) is 10.9. The summed E-state index contributed by atoms with van der Waals surface area (Å²) in [4.78, 5) is 29.7. The maximum absolute atomic E-state index is 14.5. The van der Waals surface area contributed by atoms with E-state index in [4.69, 9.17) is 23.2 Å². The summed E-state index contributed by atoms with van der Waals surface area (Å²) in [6.45, 7) is 3.89. The number of nitrogens with zero attached hydrogens (tertiary/aromatic N) is 2. The van der Waals surface area contributed by atoms with Crippen LogP contribution in [0.5, 0.6) is 0 Å². The molecule has 0 aliphatic carbocycles. The Morgan fingerprint density at radius 1 is 0.822 bits per heavy atom. The van der Waals surface area contributed by atoms with Crippen LogP contribution in [0.25, 0.3) is 0 Å². The first-order valence-electron chi connectivity index (χ1n) is 14.3. The monoisotopic (exact) mass is 729 g/mol. The lowest BCUT2D eigenvalue weighted by atomic mass is 10.0. The number of carbonyl (C=O) groups is 2. The van der Waals surface area contributed by atoms with Crippen LogP contribution in [0.1, 0.15) is 25.0 Å². The highest BCUT2D eigenvalue weighted by molar-refractivity contribution is 9.10. The molecule has 0 aliphatic heterocycles. The fourth-order valence-electron chi connectivity index (χ4n) is 4.66. The Bertz CT molecular complexity index is 1700. The van der Waals surface area contributed by atoms with E-state index in [1.807, 2.05) is 68.4 Å². The van der Waals surface area contributed by atoms with Gasteiger partial charge in [-0.25, -0.2) is 8.42 Å². The van der Waals surface area contributed by atoms with E-state index in [2.05, 4.69) is 21.2 Å². The van der Waals surface area contributed by atoms with Gasteiger partial charge in [-0.15, -0.1) is 0 Å². The number of nitrogens with one attached hydrogen (secondary N) is 1. The van der Waals surface area contributed by atoms with E-state index in [1.165, 1.54) is 35.2 Å². The van der Waals surface area contributed by atoms with E-state index in [1.54, 1.807) is 18.2 Å². The van der Waals surface area contributed by atoms with Crippen LogP contribution in [0.3, 0.4) is 0 Å². The van der Waals surface area contributed by atoms with E-state index in [-0.39, 0.29) is 35.4 Å². The lowest BCUT2D eigenvalue weighted by Crippen LogP contribution is -2.53. The van der Waals surface area contributed by atoms with Gasteiger partial charge in [-0.05, 0) is 71.6 Å². The standard InChI is InChI=1S/C34H34BrCl2N3O4S/c1-24(2)21-38-34(42)32(19-25-7-4-3-5-8-25)39(22-26-11-13-27(35)14-12-26)33(41)23-40(30-10-6-9-29(37)20-30)45(43,44)31-17-15-28(36)16-18-31/h3-18,20,24,32H,19,21-23H2,1-2H3,(H,38,42)/t32-/m0/s1. The molecule has 0 fully saturated rings. The summed E-state index contributed by atoms with van der Waals surface area (Å²) in [5, 5.41) is 3.66. The molecule has 0 spiro atoms. The number of halogens is 3. The van der Waals surface area contributed by atoms with Crippen molar-refractivity contribution in [2.24, 2.45) is 5.92 Å². The van der Waals surface area contributed by atoms with Gasteiger partial charge in [-0.2, -0.15) is 0 Å². The summed E-state index contributed by atoms with van der Waals surface area (Å²) in [6, 6.07) is 27.9. The van der Waals surface area contributed by atoms with Crippen molar-refractivity contribution >= 4 is 66.7 Å². The molecule has 0 aliphatic rings. The van der Waals surface area contributed by atoms with E-state index in [9.17, 15) is 18.0 Å². The van der Waals surface area contributed by atoms with Crippen molar-refractivity contribution < 1.29 is 18.0 Å². The first kappa shape index (κ1) is 34.5. The lowest BCUT2D eigenvalue weighted by molar-refractivity contribution is -0.140. The molecule has 0 saturated carbocycles. The average molecular weight is 732 g/mol. The van der Waals surface area contributed by atoms with Crippen LogP contribution in [0.4, 0.5) is 5.69 Å². The van der Waals surface area contributed by atoms with Gasteiger partial charge in [-0.3, -0.25) is 13.9 Å². The van der Waals surface area contributed by atoms with Gasteiger partial charge in [-0.1, -0.05) is 102 Å². The van der Waals surface area contributed by atoms with Crippen LogP contribution >= 0.6 is 39.1 Å². The van der Waals surface area contributed by atoms with E-state index >= 15 is 0 Å². The van der Waals surface area contributed by atoms with E-state index in [0.717, 1.165) is 19.9 Å². The molecular formula is C34H34BrCl2N3O4S. The zero-order valence-electron chi connectivity index (χ0n) is 24.9. The smallest absolute Gasteiger partial charge is 0.264 e. The Labute approximate surface area is 283 Å². The SMILES string of the molecule is CC(C)CNC(=O)[C@H](Cc1ccccc1)N(Cc1ccc(Br)cc1)C(=O)CN(c1cccc(Cl)c1)S(=O)(=O)c1ccc(Cl)cc1. The van der Waals surface area contributed by atoms with Crippen molar-refractivity contribution in [2.45, 2.75) is 37.8 Å². The summed E-state index contributed by atoms with van der Waals surface area (Å²) in [5.74, 6) is -0.700. The first-order valence-corrected chi connectivity index (χ1v) is 17.3. The van der Waals surface area contributed by atoms with Crippen LogP contribution in [-0.4, -0.2) is 44.3 Å². The number of anilines is 1. The molecule has 1 N–H and O–H groups in total. The maximum Gasteiger partial charge on any atom is 0.264 e. The summed E-state index contributed by atoms with van der Waals surface area (Å²) in [5.41, 5.74) is 1.84. The number of carbonyl (C=O) groups excluding carboxylic acids is 2. The Morgan fingerprint density at radius 2 is 1.49 bits per heavy atom. The van der Waals surface area contributed by atoms with Gasteiger partial charge >= 0.3 is 0 Å². The summed E-state index contributed by atoms with van der Waals surface area (Å²) < 4.78 is 30.0. The molecule has 7 nitrogen and oxygen atoms in total. The average Bonchev–Trinajstić information content (AvgIpc) is 3.01. The van der Waals surface area contributed by atoms with Gasteiger partial charge in [0, 0.05) is 34.0 Å². The largest absolute Gasteiger partial charge is 0.354 e. The second-order valence-corrected chi connectivity index (χ2v) is 14.6. The summed E-state index contributed by atoms with van der Waals surface area (Å²) in [7, 11) is -4.26. The van der Waals surface area contributed by atoms with Gasteiger partial charge in [0.1, 0.15) is 12.6 Å². The van der Waals surface area contributed by atoms with Gasteiger partial charge in [0.15, 0.2) is 0 Å². The Kier molecular flexibility index (Phi) is 12.1. The van der Waals surface area contributed by atoms with Gasteiger partial charge in [0.25, 0.3) is 10.0 Å². The van der Waals surface area contributed by atoms with E-state index < -0.39 is 28.5 Å². The number of hydrogen-bond acceptors (Lipinski definition) is 4. The predicted molar refractivity (Wildman–Crippen MR) is 184 cm³/mol. The lowest BCUT2D eigenvalue weighted by Gasteiger charge is -2.34. The third-order valence-corrected chi connectivity index (χ3v) is 9.80. The van der Waals surface area contributed by atoms with Crippen molar-refractivity contribution in [3.8, 4) is 0 Å². The summed E-state index contributed by atoms with van der Waals surface area (Å²) in [6.07, 6.45) is 0.230. The molecule has 1 atom stereocenters. The zero-order valence-corrected chi connectivity index (χ0v) is 28.8. The number of hydrogen-bond donors (Lipinski definition) is 1. The normalized spacial score (nSPS) is 12.0. The van der Waals surface area contributed by atoms with Crippen LogP contribution < -0.4 is 9.62 Å². The Hall–Kier alpha value is -3.37. The topological polar surface area (TPSA) is 86.8 Å². The molecule has 2 amide bonds. The van der Waals surface area contributed by atoms with Crippen molar-refractivity contribution in [1.29, 1.82) is 0 Å². The number of amides is 2. The van der Waals surface area contributed by atoms with Gasteiger partial charge in [0.2, 0.25) is 11.8 Å². The van der Waals surface area contributed by atoms with Crippen LogP contribution in [0.2, 0.25) is 10.0 Å². The van der Waals surface area contributed by atoms with Crippen molar-refractivity contribution in [1.82, 2.24) is 10.2 Å². The minimum Gasteiger partial charge on any atom is -0.354 e. The molecule has 0 bridgehead atoms. The Morgan fingerprint density at radius 3 is 2.11 bits per heavy atom. The minimum absolute atomic E-state index is 0.0466. The molecule has 45 heavy (non-hydrogen) atoms. The molecule has 4 aromatic rings. The fourth-order valence-corrected chi connectivity index (χ4v) is 6.64. The molecule has 0 radical (unpaired) electrons.